The molecule has 1 aliphatic rings. The third-order valence-corrected chi connectivity index (χ3v) is 4.58. The average Bonchev–Trinajstić information content (AvgIpc) is 3.07. The number of hydrogen-bond acceptors (Lipinski definition) is 5. The standard InChI is InChI=1S/C20H20N6/c1-4-15-6-7-18(24-17(15)5-2)25-12-16(13-25)19-20(22-9-8-21-19)26-11-14(3)10-23-26/h4-11,16H,1-2,12-13H2,3H3. The van der Waals surface area contributed by atoms with Crippen LogP contribution in [0.3, 0.4) is 0 Å². The first-order valence-electron chi connectivity index (χ1n) is 8.53. The molecule has 0 unspecified atom stereocenters. The van der Waals surface area contributed by atoms with Gasteiger partial charge < -0.3 is 4.90 Å². The third kappa shape index (κ3) is 2.79. The van der Waals surface area contributed by atoms with E-state index >= 15 is 0 Å². The van der Waals surface area contributed by atoms with Crippen LogP contribution in [0.15, 0.2) is 50.1 Å². The minimum atomic E-state index is 0.302. The smallest absolute Gasteiger partial charge is 0.175 e. The van der Waals surface area contributed by atoms with Gasteiger partial charge in [0.15, 0.2) is 5.82 Å². The molecule has 0 atom stereocenters. The lowest BCUT2D eigenvalue weighted by Gasteiger charge is -2.40. The first kappa shape index (κ1) is 16.2. The van der Waals surface area contributed by atoms with E-state index in [-0.39, 0.29) is 0 Å². The number of nitrogens with zero attached hydrogens (tertiary/aromatic N) is 6. The Kier molecular flexibility index (Phi) is 4.08. The van der Waals surface area contributed by atoms with Crippen LogP contribution < -0.4 is 4.90 Å². The highest BCUT2D eigenvalue weighted by Gasteiger charge is 2.33. The van der Waals surface area contributed by atoms with Crippen molar-refractivity contribution in [2.45, 2.75) is 12.8 Å². The SMILES string of the molecule is C=Cc1ccc(N2CC(c3nccnc3-n3cc(C)cn3)C2)nc1C=C. The molecule has 130 valence electrons. The second-order valence-corrected chi connectivity index (χ2v) is 6.38. The molecule has 0 spiro atoms. The van der Waals surface area contributed by atoms with Crippen molar-refractivity contribution in [3.63, 3.8) is 0 Å². The van der Waals surface area contributed by atoms with Crippen molar-refractivity contribution in [3.05, 3.63) is 72.6 Å². The van der Waals surface area contributed by atoms with Crippen molar-refractivity contribution >= 4 is 18.0 Å². The molecule has 0 N–H and O–H groups in total. The van der Waals surface area contributed by atoms with Crippen LogP contribution in [-0.2, 0) is 0 Å². The largest absolute Gasteiger partial charge is 0.355 e. The van der Waals surface area contributed by atoms with E-state index < -0.39 is 0 Å². The van der Waals surface area contributed by atoms with Gasteiger partial charge in [0.25, 0.3) is 0 Å². The summed E-state index contributed by atoms with van der Waals surface area (Å²) in [5.74, 6) is 2.05. The first-order chi connectivity index (χ1) is 12.7. The molecule has 0 bridgehead atoms. The highest BCUT2D eigenvalue weighted by molar-refractivity contribution is 5.63. The maximum Gasteiger partial charge on any atom is 0.175 e. The number of aromatic nitrogens is 5. The molecule has 0 aliphatic carbocycles. The van der Waals surface area contributed by atoms with Gasteiger partial charge in [-0.1, -0.05) is 19.2 Å². The molecule has 1 fully saturated rings. The van der Waals surface area contributed by atoms with E-state index in [9.17, 15) is 0 Å². The fourth-order valence-corrected chi connectivity index (χ4v) is 3.16. The quantitative estimate of drug-likeness (QED) is 0.711. The van der Waals surface area contributed by atoms with Gasteiger partial charge in [-0.3, -0.25) is 4.98 Å². The number of anilines is 1. The van der Waals surface area contributed by atoms with E-state index in [2.05, 4.69) is 38.1 Å². The monoisotopic (exact) mass is 344 g/mol. The normalized spacial score (nSPS) is 14.1. The predicted octanol–water partition coefficient (Wildman–Crippen LogP) is 3.26. The van der Waals surface area contributed by atoms with Gasteiger partial charge in [-0.15, -0.1) is 0 Å². The Morgan fingerprint density at radius 2 is 1.92 bits per heavy atom. The van der Waals surface area contributed by atoms with E-state index in [1.807, 2.05) is 31.5 Å². The van der Waals surface area contributed by atoms with Crippen LogP contribution in [0, 0.1) is 6.92 Å². The Labute approximate surface area is 152 Å². The van der Waals surface area contributed by atoms with Crippen LogP contribution in [0.25, 0.3) is 18.0 Å². The second-order valence-electron chi connectivity index (χ2n) is 6.38. The molecule has 0 saturated carbocycles. The van der Waals surface area contributed by atoms with E-state index in [0.717, 1.165) is 47.2 Å². The zero-order valence-corrected chi connectivity index (χ0v) is 14.7. The first-order valence-corrected chi connectivity index (χ1v) is 8.53. The molecule has 1 aliphatic heterocycles. The molecule has 0 radical (unpaired) electrons. The third-order valence-electron chi connectivity index (χ3n) is 4.58. The van der Waals surface area contributed by atoms with Gasteiger partial charge in [0.2, 0.25) is 0 Å². The van der Waals surface area contributed by atoms with Gasteiger partial charge in [0.1, 0.15) is 5.82 Å². The van der Waals surface area contributed by atoms with Crippen LogP contribution in [0.5, 0.6) is 0 Å². The average molecular weight is 344 g/mol. The zero-order valence-electron chi connectivity index (χ0n) is 14.7. The van der Waals surface area contributed by atoms with E-state index in [4.69, 9.17) is 0 Å². The Hall–Kier alpha value is -3.28. The number of aryl methyl sites for hydroxylation is 1. The predicted molar refractivity (Wildman–Crippen MR) is 103 cm³/mol. The van der Waals surface area contributed by atoms with Gasteiger partial charge in [0, 0.05) is 37.6 Å². The summed E-state index contributed by atoms with van der Waals surface area (Å²) < 4.78 is 1.80. The molecule has 26 heavy (non-hydrogen) atoms. The molecular weight excluding hydrogens is 324 g/mol. The Morgan fingerprint density at radius 3 is 2.62 bits per heavy atom. The van der Waals surface area contributed by atoms with E-state index in [1.165, 1.54) is 0 Å². The Balaban J connectivity index is 1.56. The summed E-state index contributed by atoms with van der Waals surface area (Å²) in [7, 11) is 0. The van der Waals surface area contributed by atoms with Crippen LogP contribution in [0.2, 0.25) is 0 Å². The van der Waals surface area contributed by atoms with Gasteiger partial charge in [-0.25, -0.2) is 14.6 Å². The molecule has 3 aromatic heterocycles. The molecule has 0 aromatic carbocycles. The van der Waals surface area contributed by atoms with Crippen LogP contribution in [-0.4, -0.2) is 37.8 Å². The topological polar surface area (TPSA) is 59.7 Å². The Bertz CT molecular complexity index is 968. The minimum absolute atomic E-state index is 0.302. The van der Waals surface area contributed by atoms with Gasteiger partial charge in [-0.2, -0.15) is 5.10 Å². The summed E-state index contributed by atoms with van der Waals surface area (Å²) in [6, 6.07) is 4.05. The van der Waals surface area contributed by atoms with E-state index in [0.29, 0.717) is 5.92 Å². The Morgan fingerprint density at radius 1 is 1.12 bits per heavy atom. The number of pyridine rings is 1. The lowest BCUT2D eigenvalue weighted by molar-refractivity contribution is 0.503. The fraction of sp³-hybridized carbons (Fsp3) is 0.200. The maximum atomic E-state index is 4.68. The highest BCUT2D eigenvalue weighted by atomic mass is 15.3. The van der Waals surface area contributed by atoms with Crippen LogP contribution >= 0.6 is 0 Å². The number of hydrogen-bond donors (Lipinski definition) is 0. The second kappa shape index (κ2) is 6.55. The summed E-state index contributed by atoms with van der Waals surface area (Å²) in [6.45, 7) is 11.4. The molecule has 1 saturated heterocycles. The number of rotatable bonds is 5. The lowest BCUT2D eigenvalue weighted by Crippen LogP contribution is -2.46. The summed E-state index contributed by atoms with van der Waals surface area (Å²) in [5.41, 5.74) is 3.91. The molecule has 4 heterocycles. The fourth-order valence-electron chi connectivity index (χ4n) is 3.16. The molecule has 3 aromatic rings. The maximum absolute atomic E-state index is 4.68. The van der Waals surface area contributed by atoms with Crippen molar-refractivity contribution in [2.75, 3.05) is 18.0 Å². The van der Waals surface area contributed by atoms with Crippen LogP contribution in [0.1, 0.15) is 28.4 Å². The molecule has 6 nitrogen and oxygen atoms in total. The van der Waals surface area contributed by atoms with Crippen molar-refractivity contribution < 1.29 is 0 Å². The summed E-state index contributed by atoms with van der Waals surface area (Å²) in [5, 5.41) is 4.37. The lowest BCUT2D eigenvalue weighted by atomic mass is 9.95. The molecule has 6 heteroatoms. The van der Waals surface area contributed by atoms with E-state index in [1.54, 1.807) is 29.2 Å². The van der Waals surface area contributed by atoms with Crippen molar-refractivity contribution in [3.8, 4) is 5.82 Å². The van der Waals surface area contributed by atoms with Crippen molar-refractivity contribution in [1.82, 2.24) is 24.7 Å². The molecule has 4 rings (SSSR count). The van der Waals surface area contributed by atoms with Crippen LogP contribution in [0.4, 0.5) is 5.82 Å². The van der Waals surface area contributed by atoms with Crippen molar-refractivity contribution in [1.29, 1.82) is 0 Å². The summed E-state index contributed by atoms with van der Waals surface area (Å²) >= 11 is 0. The van der Waals surface area contributed by atoms with Gasteiger partial charge in [-0.05, 0) is 36.3 Å². The molecular formula is C20H20N6. The van der Waals surface area contributed by atoms with Gasteiger partial charge in [0.05, 0.1) is 17.6 Å². The summed E-state index contributed by atoms with van der Waals surface area (Å²) in [4.78, 5) is 16.0. The highest BCUT2D eigenvalue weighted by Crippen LogP contribution is 2.32. The van der Waals surface area contributed by atoms with Gasteiger partial charge >= 0.3 is 0 Å². The minimum Gasteiger partial charge on any atom is -0.355 e. The van der Waals surface area contributed by atoms with Crippen molar-refractivity contribution in [2.24, 2.45) is 0 Å². The summed E-state index contributed by atoms with van der Waals surface area (Å²) in [6.07, 6.45) is 10.8. The zero-order chi connectivity index (χ0) is 18.1. The molecule has 0 amide bonds.